The van der Waals surface area contributed by atoms with Gasteiger partial charge in [-0.3, -0.25) is 10.1 Å². The Hall–Kier alpha value is -2.63. The van der Waals surface area contributed by atoms with Crippen LogP contribution in [0.4, 0.5) is 5.69 Å². The molecule has 4 nitrogen and oxygen atoms in total. The lowest BCUT2D eigenvalue weighted by atomic mass is 9.80. The Kier molecular flexibility index (Phi) is 3.40. The fraction of sp³-hybridized carbons (Fsp3) is 0.0526. The molecule has 3 aromatic carbocycles. The Morgan fingerprint density at radius 1 is 0.875 bits per heavy atom. The molecule has 24 heavy (non-hydrogen) atoms. The van der Waals surface area contributed by atoms with Gasteiger partial charge >= 0.3 is 0 Å². The maximum atomic E-state index is 11.7. The zero-order chi connectivity index (χ0) is 16.7. The monoisotopic (exact) mass is 335 g/mol. The highest BCUT2D eigenvalue weighted by Crippen LogP contribution is 2.53. The van der Waals surface area contributed by atoms with E-state index in [0.29, 0.717) is 16.0 Å². The van der Waals surface area contributed by atoms with E-state index in [4.69, 9.17) is 0 Å². The van der Waals surface area contributed by atoms with Gasteiger partial charge in [-0.15, -0.1) is 0 Å². The number of nitro benzene ring substituents is 1. The van der Waals surface area contributed by atoms with Crippen LogP contribution in [-0.2, 0) is 5.60 Å². The minimum atomic E-state index is -1.41. The van der Waals surface area contributed by atoms with Gasteiger partial charge in [0, 0.05) is 22.1 Å². The molecule has 0 amide bonds. The van der Waals surface area contributed by atoms with Gasteiger partial charge in [0.2, 0.25) is 0 Å². The molecule has 1 N–H and O–H groups in total. The van der Waals surface area contributed by atoms with Gasteiger partial charge in [0.05, 0.1) is 9.82 Å². The van der Waals surface area contributed by atoms with Crippen LogP contribution in [-0.4, -0.2) is 10.0 Å². The van der Waals surface area contributed by atoms with Crippen molar-refractivity contribution >= 4 is 17.4 Å². The molecule has 1 atom stereocenters. The molecule has 1 heterocycles. The fourth-order valence-corrected chi connectivity index (χ4v) is 4.43. The summed E-state index contributed by atoms with van der Waals surface area (Å²) < 4.78 is 0. The van der Waals surface area contributed by atoms with Gasteiger partial charge in [0.15, 0.2) is 0 Å². The van der Waals surface area contributed by atoms with Crippen LogP contribution in [0.3, 0.4) is 0 Å². The SMILES string of the molecule is O=[N+]([O-])c1cccc2c1Sc1ccccc1[C@]2(O)c1ccccc1. The molecule has 118 valence electrons. The molecule has 0 bridgehead atoms. The summed E-state index contributed by atoms with van der Waals surface area (Å²) in [6.07, 6.45) is 0. The van der Waals surface area contributed by atoms with Gasteiger partial charge < -0.3 is 5.11 Å². The van der Waals surface area contributed by atoms with Crippen LogP contribution >= 0.6 is 11.8 Å². The van der Waals surface area contributed by atoms with Gasteiger partial charge in [0.1, 0.15) is 5.60 Å². The van der Waals surface area contributed by atoms with Crippen LogP contribution in [0.15, 0.2) is 82.6 Å². The summed E-state index contributed by atoms with van der Waals surface area (Å²) in [7, 11) is 0. The van der Waals surface area contributed by atoms with Crippen LogP contribution in [0.2, 0.25) is 0 Å². The summed E-state index contributed by atoms with van der Waals surface area (Å²) in [4.78, 5) is 12.4. The lowest BCUT2D eigenvalue weighted by Gasteiger charge is -2.36. The Labute approximate surface area is 142 Å². The fourth-order valence-electron chi connectivity index (χ4n) is 3.16. The molecule has 0 saturated heterocycles. The molecule has 0 aliphatic carbocycles. The van der Waals surface area contributed by atoms with Crippen LogP contribution in [0.5, 0.6) is 0 Å². The van der Waals surface area contributed by atoms with Crippen molar-refractivity contribution in [2.75, 3.05) is 0 Å². The lowest BCUT2D eigenvalue weighted by Crippen LogP contribution is -2.32. The molecule has 0 radical (unpaired) electrons. The average Bonchev–Trinajstić information content (AvgIpc) is 2.62. The van der Waals surface area contributed by atoms with Crippen LogP contribution in [0, 0.1) is 10.1 Å². The van der Waals surface area contributed by atoms with Gasteiger partial charge in [-0.1, -0.05) is 72.4 Å². The molecule has 5 heteroatoms. The van der Waals surface area contributed by atoms with Crippen LogP contribution in [0.25, 0.3) is 0 Å². The molecule has 4 rings (SSSR count). The number of nitrogens with zero attached hydrogens (tertiary/aromatic N) is 1. The molecule has 1 aliphatic rings. The summed E-state index contributed by atoms with van der Waals surface area (Å²) >= 11 is 1.33. The van der Waals surface area contributed by atoms with E-state index < -0.39 is 10.5 Å². The summed E-state index contributed by atoms with van der Waals surface area (Å²) in [5, 5.41) is 23.2. The average molecular weight is 335 g/mol. The summed E-state index contributed by atoms with van der Waals surface area (Å²) in [6.45, 7) is 0. The first-order valence-corrected chi connectivity index (χ1v) is 8.27. The minimum absolute atomic E-state index is 0.0151. The van der Waals surface area contributed by atoms with Crippen molar-refractivity contribution in [2.24, 2.45) is 0 Å². The van der Waals surface area contributed by atoms with Crippen molar-refractivity contribution in [3.63, 3.8) is 0 Å². The van der Waals surface area contributed by atoms with Gasteiger partial charge in [0.25, 0.3) is 5.69 Å². The first-order valence-electron chi connectivity index (χ1n) is 7.45. The number of rotatable bonds is 2. The maximum absolute atomic E-state index is 11.7. The standard InChI is InChI=1S/C19H13NO3S/c21-19(13-7-2-1-3-8-13)14-9-4-5-12-17(14)24-18-15(19)10-6-11-16(18)20(22)23/h1-12,21H/t19-/m1/s1. The third kappa shape index (κ3) is 2.06. The van der Waals surface area contributed by atoms with E-state index in [1.807, 2.05) is 54.6 Å². The number of aliphatic hydroxyl groups is 1. The van der Waals surface area contributed by atoms with E-state index in [0.717, 1.165) is 10.5 Å². The first-order chi connectivity index (χ1) is 11.6. The highest BCUT2D eigenvalue weighted by molar-refractivity contribution is 7.99. The largest absolute Gasteiger partial charge is 0.376 e. The third-order valence-corrected chi connectivity index (χ3v) is 5.47. The Morgan fingerprint density at radius 2 is 1.54 bits per heavy atom. The Morgan fingerprint density at radius 3 is 2.29 bits per heavy atom. The van der Waals surface area contributed by atoms with E-state index in [1.165, 1.54) is 17.8 Å². The highest BCUT2D eigenvalue weighted by Gasteiger charge is 2.43. The van der Waals surface area contributed by atoms with Crippen molar-refractivity contribution in [1.29, 1.82) is 0 Å². The third-order valence-electron chi connectivity index (χ3n) is 4.26. The van der Waals surface area contributed by atoms with Gasteiger partial charge in [-0.2, -0.15) is 0 Å². The van der Waals surface area contributed by atoms with Gasteiger partial charge in [-0.25, -0.2) is 0 Å². The molecule has 0 saturated carbocycles. The first kappa shape index (κ1) is 14.9. The van der Waals surface area contributed by atoms with E-state index >= 15 is 0 Å². The molecule has 0 spiro atoms. The van der Waals surface area contributed by atoms with Crippen molar-refractivity contribution in [2.45, 2.75) is 15.4 Å². The second kappa shape index (κ2) is 5.47. The van der Waals surface area contributed by atoms with Crippen molar-refractivity contribution in [3.05, 3.63) is 99.6 Å². The molecule has 3 aromatic rings. The zero-order valence-electron chi connectivity index (χ0n) is 12.5. The number of nitro groups is 1. The van der Waals surface area contributed by atoms with Gasteiger partial charge in [-0.05, 0) is 11.6 Å². The molecule has 0 unspecified atom stereocenters. The van der Waals surface area contributed by atoms with Crippen molar-refractivity contribution in [1.82, 2.24) is 0 Å². The van der Waals surface area contributed by atoms with Crippen LogP contribution in [0.1, 0.15) is 16.7 Å². The molecule has 1 aliphatic heterocycles. The molecule has 0 fully saturated rings. The molecule has 0 aromatic heterocycles. The molecular weight excluding hydrogens is 322 g/mol. The highest BCUT2D eigenvalue weighted by atomic mass is 32.2. The normalized spacial score (nSPS) is 18.5. The van der Waals surface area contributed by atoms with E-state index in [1.54, 1.807) is 12.1 Å². The Balaban J connectivity index is 2.08. The Bertz CT molecular complexity index is 942. The summed E-state index contributed by atoms with van der Waals surface area (Å²) in [6, 6.07) is 21.6. The lowest BCUT2D eigenvalue weighted by molar-refractivity contribution is -0.387. The topological polar surface area (TPSA) is 63.4 Å². The van der Waals surface area contributed by atoms with Crippen molar-refractivity contribution < 1.29 is 10.0 Å². The number of hydrogen-bond donors (Lipinski definition) is 1. The number of fused-ring (bicyclic) bond motifs is 2. The minimum Gasteiger partial charge on any atom is -0.376 e. The molecular formula is C19H13NO3S. The summed E-state index contributed by atoms with van der Waals surface area (Å²) in [5.41, 5.74) is 0.589. The quantitative estimate of drug-likeness (QED) is 0.559. The van der Waals surface area contributed by atoms with Crippen molar-refractivity contribution in [3.8, 4) is 0 Å². The predicted octanol–water partition coefficient (Wildman–Crippen LogP) is 4.34. The maximum Gasteiger partial charge on any atom is 0.283 e. The second-order valence-electron chi connectivity index (χ2n) is 5.59. The number of hydrogen-bond acceptors (Lipinski definition) is 4. The zero-order valence-corrected chi connectivity index (χ0v) is 13.4. The van der Waals surface area contributed by atoms with E-state index in [2.05, 4.69) is 0 Å². The summed E-state index contributed by atoms with van der Waals surface area (Å²) in [5.74, 6) is 0. The van der Waals surface area contributed by atoms with Crippen LogP contribution < -0.4 is 0 Å². The van der Waals surface area contributed by atoms with E-state index in [-0.39, 0.29) is 5.69 Å². The smallest absolute Gasteiger partial charge is 0.283 e. The van der Waals surface area contributed by atoms with E-state index in [9.17, 15) is 15.2 Å². The number of benzene rings is 3. The second-order valence-corrected chi connectivity index (χ2v) is 6.64. The predicted molar refractivity (Wildman–Crippen MR) is 92.2 cm³/mol.